The van der Waals surface area contributed by atoms with Crippen LogP contribution in [-0.2, 0) is 0 Å². The number of hydrogen-bond acceptors (Lipinski definition) is 3. The first kappa shape index (κ1) is 27.0. The Labute approximate surface area is 197 Å². The normalized spacial score (nSPS) is 30.7. The number of hydrogen-bond donors (Lipinski definition) is 1. The van der Waals surface area contributed by atoms with Crippen LogP contribution in [0.3, 0.4) is 0 Å². The molecule has 0 spiro atoms. The minimum Gasteiger partial charge on any atom is -0.392 e. The summed E-state index contributed by atoms with van der Waals surface area (Å²) in [7, 11) is 0. The van der Waals surface area contributed by atoms with Gasteiger partial charge in [-0.2, -0.15) is 4.91 Å². The zero-order chi connectivity index (χ0) is 23.7. The van der Waals surface area contributed by atoms with Gasteiger partial charge in [-0.05, 0) is 11.1 Å². The minimum atomic E-state index is -0.0543. The molecule has 0 atom stereocenters. The maximum atomic E-state index is 10.7. The van der Waals surface area contributed by atoms with Crippen LogP contribution < -0.4 is 0 Å². The van der Waals surface area contributed by atoms with E-state index in [-0.39, 0.29) is 13.2 Å². The van der Waals surface area contributed by atoms with E-state index in [0.717, 1.165) is 11.1 Å². The molecule has 1 rings (SSSR count). The Kier molecular flexibility index (Phi) is 17.3. The summed E-state index contributed by atoms with van der Waals surface area (Å²) in [5, 5.41) is 12.4. The highest BCUT2D eigenvalue weighted by Crippen LogP contribution is 2.01. The van der Waals surface area contributed by atoms with Crippen molar-refractivity contribution in [2.75, 3.05) is 13.2 Å². The fraction of sp³-hybridized carbons (Fsp3) is 0.0667. The van der Waals surface area contributed by atoms with E-state index in [1.165, 1.54) is 0 Å². The molecule has 0 aromatic rings. The van der Waals surface area contributed by atoms with Gasteiger partial charge in [-0.3, -0.25) is 0 Å². The SMILES string of the molecule is O=NCC1=C\C=C\C=C/C=C/C=C\C=C\C=C/C=C/C=C\C=C\C=C/C(CO)=C\C=C/C=C\1. The van der Waals surface area contributed by atoms with Gasteiger partial charge in [0.2, 0.25) is 0 Å². The van der Waals surface area contributed by atoms with Crippen molar-refractivity contribution >= 4 is 0 Å². The molecule has 0 heterocycles. The van der Waals surface area contributed by atoms with Gasteiger partial charge in [0, 0.05) is 0 Å². The molecule has 3 nitrogen and oxygen atoms in total. The average molecular weight is 438 g/mol. The molecule has 0 bridgehead atoms. The van der Waals surface area contributed by atoms with Crippen LogP contribution in [0.4, 0.5) is 0 Å². The maximum Gasteiger partial charge on any atom is 0.106 e. The van der Waals surface area contributed by atoms with E-state index >= 15 is 0 Å². The molecule has 1 aliphatic rings. The number of rotatable bonds is 3. The van der Waals surface area contributed by atoms with Crippen LogP contribution in [0.1, 0.15) is 0 Å². The second kappa shape index (κ2) is 21.2. The minimum absolute atomic E-state index is 0.0543. The topological polar surface area (TPSA) is 49.7 Å². The molecule has 0 aliphatic heterocycles. The fourth-order valence-corrected chi connectivity index (χ4v) is 2.27. The molecular formula is C30H31NO2. The van der Waals surface area contributed by atoms with Gasteiger partial charge in [-0.15, -0.1) is 0 Å². The molecule has 0 fully saturated rings. The standard InChI is InChI=1S/C30H31NO2/c32-28-30-25-20-17-15-13-11-9-7-5-3-1-2-4-6-8-10-12-14-16-19-23-29(27-31-33)24-21-18-22-26-30/h1-26,32H,27-28H2/b2-1+,3-1?,4-2?,5-3-,6-4-,7-5?,8-6?,9-7+,10-8+,11-9?,12-10?,13-11-,14-12-,15-13?,16-14?,17-15+,19-16+,20-17?,21-18?,22-18-,23-19?,24-21-,25-20-,26-22?,29-23-,29-24?,30-25?,30-26+. The predicted octanol–water partition coefficient (Wildman–Crippen LogP) is 7.29. The second-order valence-corrected chi connectivity index (χ2v) is 6.50. The Balaban J connectivity index is 2.97. The lowest BCUT2D eigenvalue weighted by molar-refractivity contribution is 0.335. The van der Waals surface area contributed by atoms with Gasteiger partial charge >= 0.3 is 0 Å². The van der Waals surface area contributed by atoms with Crippen molar-refractivity contribution in [2.45, 2.75) is 0 Å². The molecule has 0 aromatic heterocycles. The highest BCUT2D eigenvalue weighted by molar-refractivity contribution is 5.32. The summed E-state index contributed by atoms with van der Waals surface area (Å²) in [6.07, 6.45) is 49.6. The highest BCUT2D eigenvalue weighted by Gasteiger charge is 1.89. The molecule has 0 saturated carbocycles. The van der Waals surface area contributed by atoms with E-state index in [1.807, 2.05) is 158 Å². The van der Waals surface area contributed by atoms with E-state index in [0.29, 0.717) is 0 Å². The maximum absolute atomic E-state index is 10.7. The zero-order valence-corrected chi connectivity index (χ0v) is 18.7. The van der Waals surface area contributed by atoms with Crippen LogP contribution in [0.25, 0.3) is 0 Å². The summed E-state index contributed by atoms with van der Waals surface area (Å²) in [4.78, 5) is 10.7. The summed E-state index contributed by atoms with van der Waals surface area (Å²) < 4.78 is 0. The molecule has 0 saturated heterocycles. The summed E-state index contributed by atoms with van der Waals surface area (Å²) >= 11 is 0. The first-order valence-electron chi connectivity index (χ1n) is 10.7. The van der Waals surface area contributed by atoms with Gasteiger partial charge in [-0.1, -0.05) is 163 Å². The Hall–Kier alpha value is -4.08. The molecule has 3 heteroatoms. The fourth-order valence-electron chi connectivity index (χ4n) is 2.27. The van der Waals surface area contributed by atoms with Gasteiger partial charge in [0.1, 0.15) is 6.54 Å². The Bertz CT molecular complexity index is 982. The van der Waals surface area contributed by atoms with Crippen molar-refractivity contribution in [2.24, 2.45) is 5.18 Å². The molecule has 0 radical (unpaired) electrons. The van der Waals surface area contributed by atoms with Crippen molar-refractivity contribution in [1.29, 1.82) is 0 Å². The number of nitrogens with zero attached hydrogens (tertiary/aromatic N) is 1. The molecule has 1 aliphatic carbocycles. The third-order valence-corrected chi connectivity index (χ3v) is 3.89. The molecule has 33 heavy (non-hydrogen) atoms. The van der Waals surface area contributed by atoms with Crippen molar-refractivity contribution in [3.8, 4) is 0 Å². The summed E-state index contributed by atoms with van der Waals surface area (Å²) in [6, 6.07) is 0. The van der Waals surface area contributed by atoms with Gasteiger partial charge in [0.05, 0.1) is 6.61 Å². The van der Waals surface area contributed by atoms with E-state index in [9.17, 15) is 10.0 Å². The van der Waals surface area contributed by atoms with Gasteiger partial charge in [0.25, 0.3) is 0 Å². The second-order valence-electron chi connectivity index (χ2n) is 6.50. The van der Waals surface area contributed by atoms with Crippen molar-refractivity contribution in [1.82, 2.24) is 0 Å². The number of aliphatic hydroxyl groups excluding tert-OH is 1. The highest BCUT2D eigenvalue weighted by atomic mass is 16.3. The molecule has 0 unspecified atom stereocenters. The Morgan fingerprint density at radius 2 is 0.758 bits per heavy atom. The average Bonchev–Trinajstić information content (AvgIpc) is 2.82. The Morgan fingerprint density at radius 3 is 1.15 bits per heavy atom. The monoisotopic (exact) mass is 437 g/mol. The van der Waals surface area contributed by atoms with Gasteiger partial charge in [-0.25, -0.2) is 0 Å². The van der Waals surface area contributed by atoms with Gasteiger partial charge in [0.15, 0.2) is 0 Å². The molecule has 0 amide bonds. The van der Waals surface area contributed by atoms with Crippen LogP contribution in [0, 0.1) is 4.91 Å². The van der Waals surface area contributed by atoms with Crippen molar-refractivity contribution in [3.05, 3.63) is 174 Å². The third-order valence-electron chi connectivity index (χ3n) is 3.89. The van der Waals surface area contributed by atoms with Crippen LogP contribution in [0.5, 0.6) is 0 Å². The van der Waals surface area contributed by atoms with E-state index in [1.54, 1.807) is 0 Å². The smallest absolute Gasteiger partial charge is 0.106 e. The zero-order valence-electron chi connectivity index (χ0n) is 18.7. The molecule has 1 N–H and O–H groups in total. The predicted molar refractivity (Wildman–Crippen MR) is 144 cm³/mol. The van der Waals surface area contributed by atoms with E-state index in [2.05, 4.69) is 5.18 Å². The van der Waals surface area contributed by atoms with Crippen LogP contribution in [0.2, 0.25) is 0 Å². The lowest BCUT2D eigenvalue weighted by atomic mass is 10.2. The van der Waals surface area contributed by atoms with Crippen LogP contribution in [0.15, 0.2) is 174 Å². The third kappa shape index (κ3) is 17.3. The van der Waals surface area contributed by atoms with Crippen LogP contribution >= 0.6 is 0 Å². The van der Waals surface area contributed by atoms with Gasteiger partial charge < -0.3 is 5.11 Å². The molecular weight excluding hydrogens is 406 g/mol. The first-order chi connectivity index (χ1) is 16.4. The largest absolute Gasteiger partial charge is 0.392 e. The first-order valence-corrected chi connectivity index (χ1v) is 10.7. The van der Waals surface area contributed by atoms with Crippen molar-refractivity contribution in [3.63, 3.8) is 0 Å². The van der Waals surface area contributed by atoms with E-state index < -0.39 is 0 Å². The quantitative estimate of drug-likeness (QED) is 0.471. The molecule has 0 aromatic carbocycles. The summed E-state index contributed by atoms with van der Waals surface area (Å²) in [6.45, 7) is 0.0457. The number of nitroso groups, excluding NO2 is 1. The van der Waals surface area contributed by atoms with Crippen molar-refractivity contribution < 1.29 is 5.11 Å². The lowest BCUT2D eigenvalue weighted by Crippen LogP contribution is -1.84. The Morgan fingerprint density at radius 1 is 0.455 bits per heavy atom. The lowest BCUT2D eigenvalue weighted by Gasteiger charge is -1.93. The molecule has 168 valence electrons. The summed E-state index contributed by atoms with van der Waals surface area (Å²) in [5.74, 6) is 0. The number of aliphatic hydroxyl groups is 1. The summed E-state index contributed by atoms with van der Waals surface area (Å²) in [5.41, 5.74) is 1.58. The van der Waals surface area contributed by atoms with Crippen LogP contribution in [-0.4, -0.2) is 18.3 Å². The number of allylic oxidation sites excluding steroid dienone is 24. The van der Waals surface area contributed by atoms with E-state index in [4.69, 9.17) is 0 Å².